The van der Waals surface area contributed by atoms with Gasteiger partial charge in [0.2, 0.25) is 0 Å². The van der Waals surface area contributed by atoms with Crippen LogP contribution in [0.25, 0.3) is 0 Å². The Balaban J connectivity index is 2.45. The first-order valence-electron chi connectivity index (χ1n) is 7.38. The van der Waals surface area contributed by atoms with Gasteiger partial charge in [-0.25, -0.2) is 0 Å². The number of thioether (sulfide) groups is 2. The van der Waals surface area contributed by atoms with Crippen molar-refractivity contribution in [3.05, 3.63) is 0 Å². The number of nitrogens with one attached hydrogen (secondary N) is 1. The molecule has 3 heteroatoms. The van der Waals surface area contributed by atoms with Crippen LogP contribution in [0.4, 0.5) is 0 Å². The highest BCUT2D eigenvalue weighted by Gasteiger charge is 2.31. The summed E-state index contributed by atoms with van der Waals surface area (Å²) in [6.45, 7) is 11.8. The monoisotopic (exact) mass is 289 g/mol. The Morgan fingerprint density at radius 3 is 2.28 bits per heavy atom. The van der Waals surface area contributed by atoms with Crippen LogP contribution in [0.3, 0.4) is 0 Å². The zero-order chi connectivity index (χ0) is 13.7. The molecule has 1 nitrogen and oxygen atoms in total. The largest absolute Gasteiger partial charge is 0.316 e. The van der Waals surface area contributed by atoms with E-state index in [1.165, 1.54) is 18.6 Å². The van der Waals surface area contributed by atoms with Crippen LogP contribution >= 0.6 is 23.5 Å². The molecule has 0 amide bonds. The third-order valence-electron chi connectivity index (χ3n) is 3.92. The van der Waals surface area contributed by atoms with E-state index in [0.29, 0.717) is 6.04 Å². The molecule has 1 aliphatic rings. The van der Waals surface area contributed by atoms with Gasteiger partial charge in [-0.1, -0.05) is 34.6 Å². The van der Waals surface area contributed by atoms with Gasteiger partial charge >= 0.3 is 0 Å². The first-order chi connectivity index (χ1) is 8.43. The Bertz CT molecular complexity index is 233. The SMILES string of the molecule is CNC(CC(C)CC(C)C)C1CSC(C)C(C)S1. The molecule has 0 spiro atoms. The molecule has 1 rings (SSSR count). The predicted molar refractivity (Wildman–Crippen MR) is 88.8 cm³/mol. The molecule has 1 aliphatic heterocycles. The fourth-order valence-electron chi connectivity index (χ4n) is 2.81. The number of hydrogen-bond acceptors (Lipinski definition) is 3. The minimum Gasteiger partial charge on any atom is -0.316 e. The first kappa shape index (κ1) is 16.7. The highest BCUT2D eigenvalue weighted by molar-refractivity contribution is 8.07. The van der Waals surface area contributed by atoms with E-state index in [1.54, 1.807) is 0 Å². The lowest BCUT2D eigenvalue weighted by Crippen LogP contribution is -2.42. The van der Waals surface area contributed by atoms with Crippen molar-refractivity contribution in [1.82, 2.24) is 5.32 Å². The van der Waals surface area contributed by atoms with Gasteiger partial charge in [0.15, 0.2) is 0 Å². The van der Waals surface area contributed by atoms with Crippen molar-refractivity contribution in [2.45, 2.75) is 69.3 Å². The van der Waals surface area contributed by atoms with Gasteiger partial charge < -0.3 is 5.32 Å². The summed E-state index contributed by atoms with van der Waals surface area (Å²) >= 11 is 4.36. The van der Waals surface area contributed by atoms with Crippen LogP contribution in [0.2, 0.25) is 0 Å². The maximum absolute atomic E-state index is 3.58. The van der Waals surface area contributed by atoms with Crippen molar-refractivity contribution < 1.29 is 0 Å². The summed E-state index contributed by atoms with van der Waals surface area (Å²) in [7, 11) is 2.14. The van der Waals surface area contributed by atoms with E-state index in [9.17, 15) is 0 Å². The molecule has 0 radical (unpaired) electrons. The predicted octanol–water partition coefficient (Wildman–Crippen LogP) is 4.27. The lowest BCUT2D eigenvalue weighted by atomic mass is 9.92. The van der Waals surface area contributed by atoms with Crippen LogP contribution in [0.5, 0.6) is 0 Å². The molecular formula is C15H31NS2. The van der Waals surface area contributed by atoms with Crippen molar-refractivity contribution in [2.24, 2.45) is 11.8 Å². The molecule has 5 unspecified atom stereocenters. The van der Waals surface area contributed by atoms with E-state index in [2.05, 4.69) is 70.5 Å². The van der Waals surface area contributed by atoms with Crippen molar-refractivity contribution in [1.29, 1.82) is 0 Å². The minimum atomic E-state index is 0.686. The Hall–Kier alpha value is 0.660. The van der Waals surface area contributed by atoms with Crippen LogP contribution in [0, 0.1) is 11.8 Å². The summed E-state index contributed by atoms with van der Waals surface area (Å²) in [6.07, 6.45) is 2.68. The molecule has 0 aromatic carbocycles. The van der Waals surface area contributed by atoms with Gasteiger partial charge in [-0.3, -0.25) is 0 Å². The summed E-state index contributed by atoms with van der Waals surface area (Å²) in [5.41, 5.74) is 0. The molecule has 0 aliphatic carbocycles. The second-order valence-corrected chi connectivity index (χ2v) is 9.32. The molecule has 1 heterocycles. The van der Waals surface area contributed by atoms with Crippen molar-refractivity contribution in [3.8, 4) is 0 Å². The molecule has 0 aromatic heterocycles. The Labute approximate surface area is 123 Å². The van der Waals surface area contributed by atoms with Crippen LogP contribution in [0.15, 0.2) is 0 Å². The Kier molecular flexibility index (Phi) is 7.48. The minimum absolute atomic E-state index is 0.686. The number of rotatable bonds is 6. The van der Waals surface area contributed by atoms with E-state index < -0.39 is 0 Å². The Morgan fingerprint density at radius 2 is 1.78 bits per heavy atom. The Morgan fingerprint density at radius 1 is 1.11 bits per heavy atom. The average Bonchev–Trinajstić information content (AvgIpc) is 2.29. The van der Waals surface area contributed by atoms with Crippen LogP contribution in [-0.2, 0) is 0 Å². The van der Waals surface area contributed by atoms with E-state index in [1.807, 2.05) is 0 Å². The quantitative estimate of drug-likeness (QED) is 0.784. The molecule has 18 heavy (non-hydrogen) atoms. The van der Waals surface area contributed by atoms with E-state index >= 15 is 0 Å². The molecule has 108 valence electrons. The van der Waals surface area contributed by atoms with Crippen molar-refractivity contribution >= 4 is 23.5 Å². The summed E-state index contributed by atoms with van der Waals surface area (Å²) < 4.78 is 0. The van der Waals surface area contributed by atoms with Gasteiger partial charge in [-0.05, 0) is 31.7 Å². The fourth-order valence-corrected chi connectivity index (χ4v) is 5.99. The molecule has 5 atom stereocenters. The average molecular weight is 290 g/mol. The summed E-state index contributed by atoms with van der Waals surface area (Å²) in [4.78, 5) is 0. The molecule has 0 aromatic rings. The summed E-state index contributed by atoms with van der Waals surface area (Å²) in [6, 6.07) is 0.686. The molecular weight excluding hydrogens is 258 g/mol. The fraction of sp³-hybridized carbons (Fsp3) is 1.00. The third kappa shape index (κ3) is 5.34. The van der Waals surface area contributed by atoms with Gasteiger partial charge in [-0.2, -0.15) is 23.5 Å². The number of hydrogen-bond donors (Lipinski definition) is 1. The van der Waals surface area contributed by atoms with Gasteiger partial charge in [0.1, 0.15) is 0 Å². The van der Waals surface area contributed by atoms with Gasteiger partial charge in [0.05, 0.1) is 0 Å². The normalized spacial score (nSPS) is 32.5. The maximum atomic E-state index is 3.58. The summed E-state index contributed by atoms with van der Waals surface area (Å²) in [5, 5.41) is 5.98. The second kappa shape index (κ2) is 8.06. The second-order valence-electron chi connectivity index (χ2n) is 6.28. The lowest BCUT2D eigenvalue weighted by Gasteiger charge is -2.37. The molecule has 1 N–H and O–H groups in total. The smallest absolute Gasteiger partial charge is 0.0294 e. The zero-order valence-electron chi connectivity index (χ0n) is 12.9. The molecule has 1 saturated heterocycles. The van der Waals surface area contributed by atoms with Crippen LogP contribution in [0.1, 0.15) is 47.5 Å². The van der Waals surface area contributed by atoms with E-state index in [0.717, 1.165) is 27.6 Å². The van der Waals surface area contributed by atoms with Crippen molar-refractivity contribution in [2.75, 3.05) is 12.8 Å². The first-order valence-corrected chi connectivity index (χ1v) is 9.37. The van der Waals surface area contributed by atoms with E-state index in [-0.39, 0.29) is 0 Å². The van der Waals surface area contributed by atoms with Gasteiger partial charge in [0.25, 0.3) is 0 Å². The summed E-state index contributed by atoms with van der Waals surface area (Å²) in [5.74, 6) is 2.98. The van der Waals surface area contributed by atoms with Gasteiger partial charge in [0, 0.05) is 27.5 Å². The van der Waals surface area contributed by atoms with E-state index in [4.69, 9.17) is 0 Å². The zero-order valence-corrected chi connectivity index (χ0v) is 14.5. The molecule has 0 bridgehead atoms. The lowest BCUT2D eigenvalue weighted by molar-refractivity contribution is 0.361. The highest BCUT2D eigenvalue weighted by atomic mass is 32.2. The topological polar surface area (TPSA) is 12.0 Å². The molecule has 0 saturated carbocycles. The molecule has 1 fully saturated rings. The maximum Gasteiger partial charge on any atom is 0.0294 e. The highest BCUT2D eigenvalue weighted by Crippen LogP contribution is 2.38. The van der Waals surface area contributed by atoms with Crippen LogP contribution in [-0.4, -0.2) is 34.6 Å². The van der Waals surface area contributed by atoms with Crippen LogP contribution < -0.4 is 5.32 Å². The van der Waals surface area contributed by atoms with Gasteiger partial charge in [-0.15, -0.1) is 0 Å². The third-order valence-corrected chi connectivity index (χ3v) is 7.47. The standard InChI is InChI=1S/C15H31NS2/c1-10(2)7-11(3)8-14(16-6)15-9-17-12(4)13(5)18-15/h10-16H,7-9H2,1-6H3. The van der Waals surface area contributed by atoms with Crippen molar-refractivity contribution in [3.63, 3.8) is 0 Å².